The molecule has 0 fully saturated rings. The fourth-order valence-corrected chi connectivity index (χ4v) is 1.91. The lowest BCUT2D eigenvalue weighted by Gasteiger charge is -2.08. The molecule has 2 rings (SSSR count). The van der Waals surface area contributed by atoms with Crippen molar-refractivity contribution in [1.29, 1.82) is 0 Å². The summed E-state index contributed by atoms with van der Waals surface area (Å²) < 4.78 is 10.0. The average Bonchev–Trinajstić information content (AvgIpc) is 2.99. The number of hydrogen-bond acceptors (Lipinski definition) is 5. The zero-order chi connectivity index (χ0) is 17.7. The standard InChI is InChI=1S/C18H19NO5/c1-11(2)17(21)19-14-6-4-13(5-7-14)16(20)10-24-18(22)15-8-9-23-12(15)3/h4-9,11H,10H2,1-3H3,(H,19,21). The lowest BCUT2D eigenvalue weighted by molar-refractivity contribution is -0.118. The molecule has 1 aromatic heterocycles. The second kappa shape index (κ2) is 7.59. The number of benzene rings is 1. The number of ketones is 1. The molecule has 6 heteroatoms. The summed E-state index contributed by atoms with van der Waals surface area (Å²) in [5, 5.41) is 2.74. The van der Waals surface area contributed by atoms with E-state index in [1.54, 1.807) is 45.0 Å². The van der Waals surface area contributed by atoms with Crippen molar-refractivity contribution in [2.45, 2.75) is 20.8 Å². The van der Waals surface area contributed by atoms with Gasteiger partial charge in [-0.3, -0.25) is 9.59 Å². The smallest absolute Gasteiger partial charge is 0.342 e. The first-order valence-corrected chi connectivity index (χ1v) is 7.54. The highest BCUT2D eigenvalue weighted by Gasteiger charge is 2.15. The molecule has 1 aromatic carbocycles. The van der Waals surface area contributed by atoms with E-state index in [2.05, 4.69) is 5.32 Å². The number of hydrogen-bond donors (Lipinski definition) is 1. The molecule has 0 aliphatic heterocycles. The largest absolute Gasteiger partial charge is 0.469 e. The molecule has 1 N–H and O–H groups in total. The molecule has 0 bridgehead atoms. The van der Waals surface area contributed by atoms with Crippen molar-refractivity contribution in [2.24, 2.45) is 5.92 Å². The zero-order valence-corrected chi connectivity index (χ0v) is 13.8. The molecule has 0 saturated carbocycles. The van der Waals surface area contributed by atoms with Gasteiger partial charge >= 0.3 is 5.97 Å². The molecule has 0 atom stereocenters. The summed E-state index contributed by atoms with van der Waals surface area (Å²) in [5.41, 5.74) is 1.31. The molecule has 6 nitrogen and oxygen atoms in total. The van der Waals surface area contributed by atoms with Crippen LogP contribution in [0.1, 0.15) is 40.3 Å². The Labute approximate surface area is 139 Å². The zero-order valence-electron chi connectivity index (χ0n) is 13.8. The van der Waals surface area contributed by atoms with Crippen molar-refractivity contribution in [3.8, 4) is 0 Å². The topological polar surface area (TPSA) is 85.6 Å². The van der Waals surface area contributed by atoms with Crippen LogP contribution in [-0.2, 0) is 9.53 Å². The van der Waals surface area contributed by atoms with Gasteiger partial charge in [0.1, 0.15) is 11.3 Å². The minimum absolute atomic E-state index is 0.0986. The molecule has 1 amide bonds. The van der Waals surface area contributed by atoms with Gasteiger partial charge in [0, 0.05) is 17.2 Å². The van der Waals surface area contributed by atoms with Gasteiger partial charge in [-0.15, -0.1) is 0 Å². The van der Waals surface area contributed by atoms with Crippen LogP contribution < -0.4 is 5.32 Å². The van der Waals surface area contributed by atoms with Gasteiger partial charge in [-0.25, -0.2) is 4.79 Å². The number of nitrogens with one attached hydrogen (secondary N) is 1. The lowest BCUT2D eigenvalue weighted by Crippen LogP contribution is -2.18. The van der Waals surface area contributed by atoms with E-state index in [4.69, 9.17) is 9.15 Å². The summed E-state index contributed by atoms with van der Waals surface area (Å²) in [6.45, 7) is 4.87. The van der Waals surface area contributed by atoms with Crippen molar-refractivity contribution >= 4 is 23.3 Å². The predicted molar refractivity (Wildman–Crippen MR) is 88.0 cm³/mol. The number of esters is 1. The van der Waals surface area contributed by atoms with E-state index in [0.29, 0.717) is 22.6 Å². The van der Waals surface area contributed by atoms with E-state index in [1.165, 1.54) is 12.3 Å². The number of furan rings is 1. The molecular weight excluding hydrogens is 310 g/mol. The Hall–Kier alpha value is -2.89. The van der Waals surface area contributed by atoms with E-state index in [1.807, 2.05) is 0 Å². The molecule has 24 heavy (non-hydrogen) atoms. The number of ether oxygens (including phenoxy) is 1. The minimum Gasteiger partial charge on any atom is -0.469 e. The van der Waals surface area contributed by atoms with Crippen molar-refractivity contribution in [3.05, 3.63) is 53.5 Å². The summed E-state index contributed by atoms with van der Waals surface area (Å²) in [5.74, 6) is -0.713. The third-order valence-corrected chi connectivity index (χ3v) is 3.41. The number of carbonyl (C=O) groups excluding carboxylic acids is 3. The van der Waals surface area contributed by atoms with E-state index >= 15 is 0 Å². The van der Waals surface area contributed by atoms with Gasteiger partial charge in [0.15, 0.2) is 12.4 Å². The molecule has 0 unspecified atom stereocenters. The lowest BCUT2D eigenvalue weighted by atomic mass is 10.1. The summed E-state index contributed by atoms with van der Waals surface area (Å²) >= 11 is 0. The maximum Gasteiger partial charge on any atom is 0.342 e. The molecule has 2 aromatic rings. The monoisotopic (exact) mass is 329 g/mol. The SMILES string of the molecule is Cc1occc1C(=O)OCC(=O)c1ccc(NC(=O)C(C)C)cc1. The second-order valence-electron chi connectivity index (χ2n) is 5.61. The van der Waals surface area contributed by atoms with Crippen LogP contribution in [-0.4, -0.2) is 24.3 Å². The molecule has 0 radical (unpaired) electrons. The Bertz CT molecular complexity index is 743. The molecule has 0 aliphatic rings. The summed E-state index contributed by atoms with van der Waals surface area (Å²) in [4.78, 5) is 35.5. The van der Waals surface area contributed by atoms with Crippen molar-refractivity contribution < 1.29 is 23.5 Å². The molecule has 0 aliphatic carbocycles. The Morgan fingerprint density at radius 1 is 1.12 bits per heavy atom. The number of rotatable bonds is 6. The van der Waals surface area contributed by atoms with Gasteiger partial charge in [0.2, 0.25) is 5.91 Å². The van der Waals surface area contributed by atoms with Crippen LogP contribution >= 0.6 is 0 Å². The molecular formula is C18H19NO5. The van der Waals surface area contributed by atoms with Crippen molar-refractivity contribution in [2.75, 3.05) is 11.9 Å². The fraction of sp³-hybridized carbons (Fsp3) is 0.278. The van der Waals surface area contributed by atoms with Crippen LogP contribution in [0.3, 0.4) is 0 Å². The van der Waals surface area contributed by atoms with Crippen LogP contribution in [0.25, 0.3) is 0 Å². The number of anilines is 1. The number of carbonyl (C=O) groups is 3. The van der Waals surface area contributed by atoms with Crippen LogP contribution in [0.2, 0.25) is 0 Å². The van der Waals surface area contributed by atoms with Crippen LogP contribution in [0.5, 0.6) is 0 Å². The maximum atomic E-state index is 12.1. The number of amides is 1. The van der Waals surface area contributed by atoms with E-state index in [9.17, 15) is 14.4 Å². The van der Waals surface area contributed by atoms with E-state index < -0.39 is 5.97 Å². The van der Waals surface area contributed by atoms with Gasteiger partial charge in [0.25, 0.3) is 0 Å². The van der Waals surface area contributed by atoms with E-state index in [0.717, 1.165) is 0 Å². The first kappa shape index (κ1) is 17.5. The molecule has 0 spiro atoms. The first-order chi connectivity index (χ1) is 11.4. The third kappa shape index (κ3) is 4.32. The molecule has 1 heterocycles. The fourth-order valence-electron chi connectivity index (χ4n) is 1.91. The van der Waals surface area contributed by atoms with Crippen LogP contribution in [0.4, 0.5) is 5.69 Å². The van der Waals surface area contributed by atoms with E-state index in [-0.39, 0.29) is 24.2 Å². The van der Waals surface area contributed by atoms with Gasteiger partial charge in [0.05, 0.1) is 6.26 Å². The van der Waals surface area contributed by atoms with Crippen molar-refractivity contribution in [1.82, 2.24) is 0 Å². The van der Waals surface area contributed by atoms with Crippen molar-refractivity contribution in [3.63, 3.8) is 0 Å². The van der Waals surface area contributed by atoms with Crippen LogP contribution in [0.15, 0.2) is 41.0 Å². The first-order valence-electron chi connectivity index (χ1n) is 7.54. The quantitative estimate of drug-likeness (QED) is 0.649. The molecule has 0 saturated heterocycles. The number of Topliss-reactive ketones (excluding diaryl/α,β-unsaturated/α-hetero) is 1. The highest BCUT2D eigenvalue weighted by Crippen LogP contribution is 2.13. The summed E-state index contributed by atoms with van der Waals surface area (Å²) in [6, 6.07) is 7.92. The predicted octanol–water partition coefficient (Wildman–Crippen LogP) is 3.22. The molecule has 126 valence electrons. The Morgan fingerprint density at radius 3 is 2.33 bits per heavy atom. The highest BCUT2D eigenvalue weighted by molar-refractivity contribution is 6.00. The van der Waals surface area contributed by atoms with Gasteiger partial charge in [-0.1, -0.05) is 13.8 Å². The number of aryl methyl sites for hydroxylation is 1. The van der Waals surface area contributed by atoms with Gasteiger partial charge in [-0.05, 0) is 37.3 Å². The Kier molecular flexibility index (Phi) is 5.52. The average molecular weight is 329 g/mol. The minimum atomic E-state index is -0.601. The highest BCUT2D eigenvalue weighted by atomic mass is 16.5. The van der Waals surface area contributed by atoms with Gasteiger partial charge < -0.3 is 14.5 Å². The van der Waals surface area contributed by atoms with Crippen LogP contribution in [0, 0.1) is 12.8 Å². The maximum absolute atomic E-state index is 12.1. The third-order valence-electron chi connectivity index (χ3n) is 3.41. The Balaban J connectivity index is 1.92. The Morgan fingerprint density at radius 2 is 1.79 bits per heavy atom. The summed E-state index contributed by atoms with van der Waals surface area (Å²) in [6.07, 6.45) is 1.39. The normalized spacial score (nSPS) is 10.5. The second-order valence-corrected chi connectivity index (χ2v) is 5.61. The van der Waals surface area contributed by atoms with Gasteiger partial charge in [-0.2, -0.15) is 0 Å². The summed E-state index contributed by atoms with van der Waals surface area (Å²) in [7, 11) is 0.